The molecule has 2 bridgehead atoms. The topological polar surface area (TPSA) is 165 Å². The second-order valence-corrected chi connectivity index (χ2v) is 14.6. The van der Waals surface area contributed by atoms with Crippen LogP contribution in [-0.2, 0) is 22.6 Å². The van der Waals surface area contributed by atoms with Gasteiger partial charge in [-0.3, -0.25) is 14.5 Å². The van der Waals surface area contributed by atoms with E-state index in [1.807, 2.05) is 78.9 Å². The first-order valence-corrected chi connectivity index (χ1v) is 19.3. The molecule has 3 fully saturated rings. The molecule has 4 aromatic carbocycles. The number of alkyl carbamates (subject to hydrolysis) is 1. The van der Waals surface area contributed by atoms with Gasteiger partial charge in [-0.15, -0.1) is 0 Å². The number of benzene rings is 4. The summed E-state index contributed by atoms with van der Waals surface area (Å²) < 4.78 is 12.1. The molecule has 4 heterocycles. The molecule has 12 nitrogen and oxygen atoms in total. The van der Waals surface area contributed by atoms with E-state index < -0.39 is 18.2 Å². The number of hydrogen-bond donors (Lipinski definition) is 6. The molecule has 3 saturated heterocycles. The molecule has 3 atom stereocenters. The highest BCUT2D eigenvalue weighted by atomic mass is 16.6. The van der Waals surface area contributed by atoms with Crippen molar-refractivity contribution in [3.05, 3.63) is 141 Å². The molecule has 8 rings (SSSR count). The SMILES string of the molecule is O=C(Cc1ccc(COc2cccc([C@@H](NC(=O)O[C@H]3CN4CCC3CC4)c3ccccc3)c2)cc1)NCCCNC[C@H](O)c1ccc(O)c2[nH]c(=O)ccc12. The maximum absolute atomic E-state index is 13.2. The van der Waals surface area contributed by atoms with E-state index in [2.05, 4.69) is 25.8 Å². The van der Waals surface area contributed by atoms with Crippen molar-refractivity contribution in [2.45, 2.75) is 50.5 Å². The summed E-state index contributed by atoms with van der Waals surface area (Å²) in [6, 6.07) is 31.0. The fourth-order valence-electron chi connectivity index (χ4n) is 7.63. The number of aliphatic hydroxyl groups excluding tert-OH is 1. The Kier molecular flexibility index (Phi) is 12.6. The zero-order chi connectivity index (χ0) is 38.9. The number of phenolic OH excluding ortho intramolecular Hbond substituents is 1. The van der Waals surface area contributed by atoms with Gasteiger partial charge in [0.2, 0.25) is 11.5 Å². The number of carbonyl (C=O) groups is 2. The Hall–Kier alpha value is -5.69. The standard InChI is InChI=1S/C44H49N5O7/c50-37-16-14-35(36-15-17-40(52)47-43(36)37)38(51)26-45-20-5-21-46-41(53)24-29-10-12-30(13-11-29)28-55-34-9-4-8-33(25-34)42(32-6-2-1-3-7-32)48-44(54)56-39-27-49-22-18-31(39)19-23-49/h1-4,6-17,25,31,38-39,42,45,50-51H,5,18-24,26-28H2,(H,46,53)(H,47,52)(H,48,54)/t38-,39-,42-/m0/s1. The van der Waals surface area contributed by atoms with Gasteiger partial charge in [-0.25, -0.2) is 4.79 Å². The number of aromatic nitrogens is 1. The number of rotatable bonds is 16. The molecule has 3 aliphatic rings. The number of ether oxygens (including phenoxy) is 2. The number of pyridine rings is 1. The van der Waals surface area contributed by atoms with E-state index >= 15 is 0 Å². The van der Waals surface area contributed by atoms with Crippen molar-refractivity contribution in [2.24, 2.45) is 5.92 Å². The van der Waals surface area contributed by atoms with E-state index in [1.165, 1.54) is 12.1 Å². The number of aromatic amines is 1. The molecule has 0 aliphatic carbocycles. The van der Waals surface area contributed by atoms with Crippen LogP contribution in [0.4, 0.5) is 4.79 Å². The molecule has 1 aromatic heterocycles. The molecular weight excluding hydrogens is 711 g/mol. The molecule has 0 saturated carbocycles. The summed E-state index contributed by atoms with van der Waals surface area (Å²) in [5, 5.41) is 30.6. The summed E-state index contributed by atoms with van der Waals surface area (Å²) in [5.41, 5.74) is 4.24. The Labute approximate surface area is 325 Å². The zero-order valence-electron chi connectivity index (χ0n) is 31.3. The number of nitrogens with zero attached hydrogens (tertiary/aromatic N) is 1. The second-order valence-electron chi connectivity index (χ2n) is 14.6. The van der Waals surface area contributed by atoms with Crippen molar-refractivity contribution < 1.29 is 29.3 Å². The molecule has 12 heteroatoms. The number of carbonyl (C=O) groups excluding carboxylic acids is 2. The van der Waals surface area contributed by atoms with Gasteiger partial charge in [0.25, 0.3) is 0 Å². The minimum absolute atomic E-state index is 0.0531. The van der Waals surface area contributed by atoms with Crippen LogP contribution in [0.1, 0.15) is 59.2 Å². The number of piperidine rings is 3. The maximum atomic E-state index is 13.2. The third-order valence-electron chi connectivity index (χ3n) is 10.7. The van der Waals surface area contributed by atoms with Gasteiger partial charge in [0.1, 0.15) is 24.2 Å². The van der Waals surface area contributed by atoms with Crippen LogP contribution in [0.25, 0.3) is 10.9 Å². The molecule has 292 valence electrons. The van der Waals surface area contributed by atoms with Gasteiger partial charge < -0.3 is 40.6 Å². The Bertz CT molecular complexity index is 2150. The minimum atomic E-state index is -0.844. The highest BCUT2D eigenvalue weighted by Crippen LogP contribution is 2.31. The lowest BCUT2D eigenvalue weighted by molar-refractivity contribution is -0.120. The number of hydrogen-bond acceptors (Lipinski definition) is 9. The normalized spacial score (nSPS) is 18.6. The van der Waals surface area contributed by atoms with Gasteiger partial charge in [-0.1, -0.05) is 72.8 Å². The zero-order valence-corrected chi connectivity index (χ0v) is 31.3. The van der Waals surface area contributed by atoms with Crippen molar-refractivity contribution in [3.63, 3.8) is 0 Å². The first-order valence-electron chi connectivity index (χ1n) is 19.3. The monoisotopic (exact) mass is 759 g/mol. The van der Waals surface area contributed by atoms with E-state index in [0.717, 1.165) is 54.7 Å². The van der Waals surface area contributed by atoms with Gasteiger partial charge >= 0.3 is 6.09 Å². The number of aromatic hydroxyl groups is 1. The predicted molar refractivity (Wildman–Crippen MR) is 213 cm³/mol. The highest BCUT2D eigenvalue weighted by molar-refractivity contribution is 5.87. The second kappa shape index (κ2) is 18.3. The Morgan fingerprint density at radius 2 is 1.64 bits per heavy atom. The lowest BCUT2D eigenvalue weighted by Crippen LogP contribution is -2.52. The van der Waals surface area contributed by atoms with Crippen molar-refractivity contribution in [1.29, 1.82) is 0 Å². The van der Waals surface area contributed by atoms with Crippen molar-refractivity contribution in [1.82, 2.24) is 25.8 Å². The third kappa shape index (κ3) is 9.94. The van der Waals surface area contributed by atoms with E-state index in [9.17, 15) is 24.6 Å². The molecular formula is C44H49N5O7. The number of nitrogens with one attached hydrogen (secondary N) is 4. The molecule has 0 radical (unpaired) electrons. The van der Waals surface area contributed by atoms with Crippen LogP contribution in [0.5, 0.6) is 11.5 Å². The van der Waals surface area contributed by atoms with Crippen LogP contribution in [0, 0.1) is 5.92 Å². The highest BCUT2D eigenvalue weighted by Gasteiger charge is 2.37. The summed E-state index contributed by atoms with van der Waals surface area (Å²) in [6.07, 6.45) is 1.73. The molecule has 0 spiro atoms. The molecule has 5 aromatic rings. The van der Waals surface area contributed by atoms with Crippen LogP contribution in [0.15, 0.2) is 108 Å². The average Bonchev–Trinajstić information content (AvgIpc) is 3.22. The van der Waals surface area contributed by atoms with Gasteiger partial charge in [-0.05, 0) is 96.9 Å². The minimum Gasteiger partial charge on any atom is -0.506 e. The van der Waals surface area contributed by atoms with E-state index in [1.54, 1.807) is 12.1 Å². The number of amides is 2. The predicted octanol–water partition coefficient (Wildman–Crippen LogP) is 5.09. The van der Waals surface area contributed by atoms with Crippen LogP contribution in [0.3, 0.4) is 0 Å². The first kappa shape index (κ1) is 38.6. The molecule has 2 amide bonds. The summed E-state index contributed by atoms with van der Waals surface area (Å²) in [7, 11) is 0. The number of H-pyrrole nitrogens is 1. The number of fused-ring (bicyclic) bond motifs is 4. The van der Waals surface area contributed by atoms with E-state index in [4.69, 9.17) is 9.47 Å². The molecule has 56 heavy (non-hydrogen) atoms. The van der Waals surface area contributed by atoms with Crippen LogP contribution >= 0.6 is 0 Å². The quantitative estimate of drug-likeness (QED) is 0.0752. The summed E-state index contributed by atoms with van der Waals surface area (Å²) in [5.74, 6) is 0.969. The Morgan fingerprint density at radius 1 is 0.875 bits per heavy atom. The Morgan fingerprint density at radius 3 is 2.41 bits per heavy atom. The first-order chi connectivity index (χ1) is 27.3. The van der Waals surface area contributed by atoms with E-state index in [0.29, 0.717) is 54.3 Å². The lowest BCUT2D eigenvalue weighted by Gasteiger charge is -2.43. The smallest absolute Gasteiger partial charge is 0.408 e. The van der Waals surface area contributed by atoms with Crippen molar-refractivity contribution in [3.8, 4) is 11.5 Å². The van der Waals surface area contributed by atoms with Crippen LogP contribution in [-0.4, -0.2) is 77.5 Å². The van der Waals surface area contributed by atoms with Gasteiger partial charge in [-0.2, -0.15) is 0 Å². The fraction of sp³-hybridized carbons (Fsp3) is 0.341. The number of aliphatic hydroxyl groups is 1. The molecule has 3 aliphatic heterocycles. The van der Waals surface area contributed by atoms with Crippen molar-refractivity contribution in [2.75, 3.05) is 39.3 Å². The Balaban J connectivity index is 0.843. The fourth-order valence-corrected chi connectivity index (χ4v) is 7.63. The largest absolute Gasteiger partial charge is 0.506 e. The summed E-state index contributed by atoms with van der Waals surface area (Å²) in [4.78, 5) is 42.5. The molecule has 0 unspecified atom stereocenters. The third-order valence-corrected chi connectivity index (χ3v) is 10.7. The van der Waals surface area contributed by atoms with Gasteiger partial charge in [0.05, 0.1) is 24.1 Å². The summed E-state index contributed by atoms with van der Waals surface area (Å²) >= 11 is 0. The van der Waals surface area contributed by atoms with Gasteiger partial charge in [0, 0.05) is 31.1 Å². The summed E-state index contributed by atoms with van der Waals surface area (Å²) in [6.45, 7) is 4.64. The average molecular weight is 760 g/mol. The van der Waals surface area contributed by atoms with Gasteiger partial charge in [0.15, 0.2) is 0 Å². The lowest BCUT2D eigenvalue weighted by atomic mass is 9.86. The molecule has 6 N–H and O–H groups in total. The van der Waals surface area contributed by atoms with E-state index in [-0.39, 0.29) is 36.3 Å². The van der Waals surface area contributed by atoms with Crippen LogP contribution < -0.4 is 26.2 Å². The van der Waals surface area contributed by atoms with Crippen molar-refractivity contribution >= 4 is 22.9 Å². The number of phenols is 1. The van der Waals surface area contributed by atoms with Crippen LogP contribution in [0.2, 0.25) is 0 Å². The maximum Gasteiger partial charge on any atom is 0.408 e.